The Hall–Kier alpha value is -2.28. The molecule has 0 saturated carbocycles. The van der Waals surface area contributed by atoms with E-state index >= 15 is 0 Å². The number of rotatable bonds is 4. The van der Waals surface area contributed by atoms with Gasteiger partial charge in [0, 0.05) is 13.1 Å². The summed E-state index contributed by atoms with van der Waals surface area (Å²) in [6.45, 7) is 3.15. The van der Waals surface area contributed by atoms with Gasteiger partial charge in [-0.25, -0.2) is 0 Å². The maximum Gasteiger partial charge on any atom is 0.294 e. The van der Waals surface area contributed by atoms with E-state index in [1.807, 2.05) is 25.1 Å². The van der Waals surface area contributed by atoms with Crippen LogP contribution in [-0.2, 0) is 9.59 Å². The maximum atomic E-state index is 12.5. The largest absolute Gasteiger partial charge is 0.496 e. The predicted octanol–water partition coefficient (Wildman–Crippen LogP) is 2.66. The number of imide groups is 1. The van der Waals surface area contributed by atoms with Gasteiger partial charge in [-0.2, -0.15) is 0 Å². The number of thioether (sulfide) groups is 1. The predicted molar refractivity (Wildman–Crippen MR) is 96.2 cm³/mol. The molecule has 1 aromatic carbocycles. The molecule has 1 aromatic rings. The average molecular weight is 360 g/mol. The van der Waals surface area contributed by atoms with E-state index in [-0.39, 0.29) is 12.5 Å². The van der Waals surface area contributed by atoms with Gasteiger partial charge in [-0.1, -0.05) is 6.07 Å². The Balaban J connectivity index is 1.74. The monoisotopic (exact) mass is 360 g/mol. The molecule has 7 heteroatoms. The number of hydrogen-bond acceptors (Lipinski definition) is 5. The molecule has 0 N–H and O–H groups in total. The summed E-state index contributed by atoms with van der Waals surface area (Å²) in [5, 5.41) is -0.394. The number of amides is 3. The summed E-state index contributed by atoms with van der Waals surface area (Å²) in [4.78, 5) is 39.9. The van der Waals surface area contributed by atoms with Crippen molar-refractivity contribution in [2.45, 2.75) is 19.8 Å². The minimum atomic E-state index is -0.406. The standard InChI is InChI=1S/C18H20N2O4S/c1-12-9-13(5-6-14(12)24-2)10-15-17(22)20(18(23)25-15)11-16(21)19-7-3-4-8-19/h5-6,9-10H,3-4,7-8,11H2,1-2H3/b15-10+. The van der Waals surface area contributed by atoms with Crippen molar-refractivity contribution in [3.8, 4) is 5.75 Å². The molecule has 0 unspecified atom stereocenters. The SMILES string of the molecule is COc1ccc(/C=C2/SC(=O)N(CC(=O)N3CCCC3)C2=O)cc1C. The van der Waals surface area contributed by atoms with Crippen molar-refractivity contribution < 1.29 is 19.1 Å². The van der Waals surface area contributed by atoms with Crippen LogP contribution in [-0.4, -0.2) is 53.6 Å². The second kappa shape index (κ2) is 7.31. The summed E-state index contributed by atoms with van der Waals surface area (Å²) in [5.41, 5.74) is 1.76. The van der Waals surface area contributed by atoms with Gasteiger partial charge in [0.05, 0.1) is 12.0 Å². The van der Waals surface area contributed by atoms with E-state index in [1.54, 1.807) is 18.1 Å². The zero-order valence-corrected chi connectivity index (χ0v) is 15.1. The first-order valence-corrected chi connectivity index (χ1v) is 8.99. The molecule has 0 atom stereocenters. The van der Waals surface area contributed by atoms with Crippen LogP contribution in [0.1, 0.15) is 24.0 Å². The zero-order chi connectivity index (χ0) is 18.0. The van der Waals surface area contributed by atoms with Crippen LogP contribution in [0.4, 0.5) is 4.79 Å². The number of hydrogen-bond donors (Lipinski definition) is 0. The Morgan fingerprint density at radius 2 is 2.00 bits per heavy atom. The topological polar surface area (TPSA) is 66.9 Å². The van der Waals surface area contributed by atoms with Gasteiger partial charge in [0.1, 0.15) is 12.3 Å². The molecule has 0 aliphatic carbocycles. The van der Waals surface area contributed by atoms with Gasteiger partial charge in [0.15, 0.2) is 0 Å². The first kappa shape index (κ1) is 17.5. The highest BCUT2D eigenvalue weighted by molar-refractivity contribution is 8.18. The summed E-state index contributed by atoms with van der Waals surface area (Å²) in [7, 11) is 1.60. The van der Waals surface area contributed by atoms with Crippen molar-refractivity contribution in [3.63, 3.8) is 0 Å². The summed E-state index contributed by atoms with van der Waals surface area (Å²) < 4.78 is 5.22. The Kier molecular flexibility index (Phi) is 5.13. The number of methoxy groups -OCH3 is 1. The summed E-state index contributed by atoms with van der Waals surface area (Å²) in [5.74, 6) is 0.193. The number of carbonyl (C=O) groups is 3. The van der Waals surface area contributed by atoms with E-state index in [9.17, 15) is 14.4 Å². The molecule has 2 fully saturated rings. The van der Waals surface area contributed by atoms with Gasteiger partial charge in [0.2, 0.25) is 5.91 Å². The molecular weight excluding hydrogens is 340 g/mol. The van der Waals surface area contributed by atoms with Crippen LogP contribution < -0.4 is 4.74 Å². The van der Waals surface area contributed by atoms with E-state index in [2.05, 4.69) is 0 Å². The molecule has 2 aliphatic rings. The van der Waals surface area contributed by atoms with Crippen molar-refractivity contribution in [2.24, 2.45) is 0 Å². The van der Waals surface area contributed by atoms with E-state index in [4.69, 9.17) is 4.74 Å². The fraction of sp³-hybridized carbons (Fsp3) is 0.389. The molecule has 3 amide bonds. The molecule has 0 spiro atoms. The highest BCUT2D eigenvalue weighted by Crippen LogP contribution is 2.33. The lowest BCUT2D eigenvalue weighted by Crippen LogP contribution is -2.40. The third-order valence-electron chi connectivity index (χ3n) is 4.34. The van der Waals surface area contributed by atoms with Crippen molar-refractivity contribution >= 4 is 34.9 Å². The van der Waals surface area contributed by atoms with E-state index in [0.29, 0.717) is 18.0 Å². The Labute approximate surface area is 150 Å². The number of ether oxygens (including phenoxy) is 1. The Bertz CT molecular complexity index is 753. The molecule has 25 heavy (non-hydrogen) atoms. The number of likely N-dealkylation sites (tertiary alicyclic amines) is 1. The summed E-state index contributed by atoms with van der Waals surface area (Å²) in [6, 6.07) is 5.54. The van der Waals surface area contributed by atoms with Crippen molar-refractivity contribution in [1.29, 1.82) is 0 Å². The van der Waals surface area contributed by atoms with Crippen LogP contribution in [0.3, 0.4) is 0 Å². The molecular formula is C18H20N2O4S. The third-order valence-corrected chi connectivity index (χ3v) is 5.25. The first-order chi connectivity index (χ1) is 12.0. The molecule has 2 aliphatic heterocycles. The maximum absolute atomic E-state index is 12.5. The Morgan fingerprint density at radius 1 is 1.28 bits per heavy atom. The molecule has 0 bridgehead atoms. The van der Waals surface area contributed by atoms with Crippen LogP contribution in [0.2, 0.25) is 0 Å². The van der Waals surface area contributed by atoms with Crippen LogP contribution in [0.25, 0.3) is 6.08 Å². The van der Waals surface area contributed by atoms with Crippen LogP contribution in [0.15, 0.2) is 23.1 Å². The summed E-state index contributed by atoms with van der Waals surface area (Å²) >= 11 is 0.874. The zero-order valence-electron chi connectivity index (χ0n) is 14.3. The van der Waals surface area contributed by atoms with Gasteiger partial charge in [-0.3, -0.25) is 19.3 Å². The van der Waals surface area contributed by atoms with Gasteiger partial charge in [-0.15, -0.1) is 0 Å². The first-order valence-electron chi connectivity index (χ1n) is 8.17. The second-order valence-corrected chi connectivity index (χ2v) is 7.08. The van der Waals surface area contributed by atoms with Crippen LogP contribution >= 0.6 is 11.8 Å². The van der Waals surface area contributed by atoms with Crippen LogP contribution in [0, 0.1) is 6.92 Å². The average Bonchev–Trinajstić information content (AvgIpc) is 3.20. The quantitative estimate of drug-likeness (QED) is 0.772. The van der Waals surface area contributed by atoms with E-state index < -0.39 is 11.1 Å². The van der Waals surface area contributed by atoms with Gasteiger partial charge >= 0.3 is 0 Å². The number of benzene rings is 1. The molecule has 0 radical (unpaired) electrons. The number of carbonyl (C=O) groups excluding carboxylic acids is 3. The van der Waals surface area contributed by atoms with Crippen molar-refractivity contribution in [2.75, 3.05) is 26.7 Å². The van der Waals surface area contributed by atoms with Gasteiger partial charge in [-0.05, 0) is 60.9 Å². The number of nitrogens with zero attached hydrogens (tertiary/aromatic N) is 2. The normalized spacial score (nSPS) is 19.2. The smallest absolute Gasteiger partial charge is 0.294 e. The molecule has 2 heterocycles. The van der Waals surface area contributed by atoms with Gasteiger partial charge in [0.25, 0.3) is 11.1 Å². The molecule has 6 nitrogen and oxygen atoms in total. The molecule has 132 valence electrons. The lowest BCUT2D eigenvalue weighted by molar-refractivity contribution is -0.135. The highest BCUT2D eigenvalue weighted by atomic mass is 32.2. The van der Waals surface area contributed by atoms with E-state index in [0.717, 1.165) is 46.4 Å². The highest BCUT2D eigenvalue weighted by Gasteiger charge is 2.37. The third kappa shape index (κ3) is 3.71. The van der Waals surface area contributed by atoms with Crippen molar-refractivity contribution in [1.82, 2.24) is 9.80 Å². The Morgan fingerprint density at radius 3 is 2.64 bits per heavy atom. The fourth-order valence-corrected chi connectivity index (χ4v) is 3.82. The van der Waals surface area contributed by atoms with Crippen molar-refractivity contribution in [3.05, 3.63) is 34.2 Å². The van der Waals surface area contributed by atoms with E-state index in [1.165, 1.54) is 0 Å². The minimum Gasteiger partial charge on any atom is -0.496 e. The van der Waals surface area contributed by atoms with Crippen LogP contribution in [0.5, 0.6) is 5.75 Å². The molecule has 2 saturated heterocycles. The molecule has 0 aromatic heterocycles. The molecule has 3 rings (SSSR count). The fourth-order valence-electron chi connectivity index (χ4n) is 2.98. The lowest BCUT2D eigenvalue weighted by atomic mass is 10.1. The minimum absolute atomic E-state index is 0.165. The van der Waals surface area contributed by atoms with Gasteiger partial charge < -0.3 is 9.64 Å². The lowest BCUT2D eigenvalue weighted by Gasteiger charge is -2.18. The number of aryl methyl sites for hydroxylation is 1. The second-order valence-electron chi connectivity index (χ2n) is 6.08. The summed E-state index contributed by atoms with van der Waals surface area (Å²) in [6.07, 6.45) is 3.63.